The first-order chi connectivity index (χ1) is 8.57. The van der Waals surface area contributed by atoms with Crippen molar-refractivity contribution in [3.05, 3.63) is 5.82 Å². The summed E-state index contributed by atoms with van der Waals surface area (Å²) in [6, 6.07) is 0. The smallest absolute Gasteiger partial charge is 0.202 e. The van der Waals surface area contributed by atoms with Gasteiger partial charge in [0.2, 0.25) is 5.13 Å². The first kappa shape index (κ1) is 15.4. The van der Waals surface area contributed by atoms with Gasteiger partial charge in [-0.15, -0.1) is 0 Å². The Labute approximate surface area is 116 Å². The fourth-order valence-electron chi connectivity index (χ4n) is 1.91. The summed E-state index contributed by atoms with van der Waals surface area (Å²) in [5.41, 5.74) is 0.339. The van der Waals surface area contributed by atoms with Crippen LogP contribution in [-0.4, -0.2) is 15.9 Å². The molecule has 0 radical (unpaired) electrons. The lowest BCUT2D eigenvalue weighted by Gasteiger charge is -2.24. The molecule has 0 fully saturated rings. The molecule has 0 aliphatic carbocycles. The molecule has 1 aromatic rings. The predicted molar refractivity (Wildman–Crippen MR) is 80.3 cm³/mol. The zero-order chi connectivity index (χ0) is 13.4. The van der Waals surface area contributed by atoms with Crippen molar-refractivity contribution >= 4 is 16.7 Å². The highest BCUT2D eigenvalue weighted by Crippen LogP contribution is 2.24. The molecule has 0 saturated heterocycles. The molecule has 0 atom stereocenters. The highest BCUT2D eigenvalue weighted by Gasteiger charge is 2.17. The lowest BCUT2D eigenvalue weighted by Crippen LogP contribution is -2.23. The lowest BCUT2D eigenvalue weighted by atomic mass is 9.87. The van der Waals surface area contributed by atoms with Crippen molar-refractivity contribution < 1.29 is 0 Å². The minimum atomic E-state index is 0.339. The van der Waals surface area contributed by atoms with Crippen LogP contribution >= 0.6 is 11.5 Å². The fraction of sp³-hybridized carbons (Fsp3) is 0.857. The van der Waals surface area contributed by atoms with E-state index in [0.29, 0.717) is 5.41 Å². The second kappa shape index (κ2) is 7.72. The number of anilines is 1. The van der Waals surface area contributed by atoms with Crippen molar-refractivity contribution in [3.63, 3.8) is 0 Å². The zero-order valence-electron chi connectivity index (χ0n) is 12.3. The molecule has 3 nitrogen and oxygen atoms in total. The molecule has 0 amide bonds. The number of nitrogens with one attached hydrogen (secondary N) is 1. The average Bonchev–Trinajstić information content (AvgIpc) is 2.75. The second-order valence-electron chi connectivity index (χ2n) is 5.74. The summed E-state index contributed by atoms with van der Waals surface area (Å²) >= 11 is 1.49. The number of rotatable bonds is 9. The van der Waals surface area contributed by atoms with Crippen LogP contribution in [0.3, 0.4) is 0 Å². The van der Waals surface area contributed by atoms with Gasteiger partial charge in [0.1, 0.15) is 5.82 Å². The van der Waals surface area contributed by atoms with Gasteiger partial charge in [-0.2, -0.15) is 4.37 Å². The molecule has 18 heavy (non-hydrogen) atoms. The van der Waals surface area contributed by atoms with Crippen LogP contribution in [0.1, 0.15) is 65.6 Å². The summed E-state index contributed by atoms with van der Waals surface area (Å²) in [5.74, 6) is 0.980. The van der Waals surface area contributed by atoms with Gasteiger partial charge >= 0.3 is 0 Å². The van der Waals surface area contributed by atoms with Crippen molar-refractivity contribution in [1.29, 1.82) is 0 Å². The van der Waals surface area contributed by atoms with E-state index in [1.165, 1.54) is 37.2 Å². The maximum absolute atomic E-state index is 4.50. The van der Waals surface area contributed by atoms with Crippen LogP contribution in [0.5, 0.6) is 0 Å². The summed E-state index contributed by atoms with van der Waals surface area (Å²) in [7, 11) is 0. The van der Waals surface area contributed by atoms with E-state index in [4.69, 9.17) is 0 Å². The molecular weight excluding hydrogens is 242 g/mol. The predicted octanol–water partition coefficient (Wildman–Crippen LogP) is 4.51. The largest absolute Gasteiger partial charge is 0.360 e. The van der Waals surface area contributed by atoms with Crippen LogP contribution in [0.25, 0.3) is 0 Å². The van der Waals surface area contributed by atoms with E-state index < -0.39 is 0 Å². The third-order valence-electron chi connectivity index (χ3n) is 3.12. The third-order valence-corrected chi connectivity index (χ3v) is 3.83. The molecule has 0 saturated carbocycles. The summed E-state index contributed by atoms with van der Waals surface area (Å²) in [5, 5.41) is 4.41. The van der Waals surface area contributed by atoms with E-state index in [1.807, 2.05) is 0 Å². The van der Waals surface area contributed by atoms with Crippen LogP contribution in [0.4, 0.5) is 5.13 Å². The first-order valence-corrected chi connectivity index (χ1v) is 7.91. The van der Waals surface area contributed by atoms with Gasteiger partial charge in [-0.1, -0.05) is 47.0 Å². The molecule has 104 valence electrons. The second-order valence-corrected chi connectivity index (χ2v) is 6.49. The normalized spacial score (nSPS) is 11.8. The van der Waals surface area contributed by atoms with Crippen LogP contribution in [0.2, 0.25) is 0 Å². The van der Waals surface area contributed by atoms with Gasteiger partial charge in [0.25, 0.3) is 0 Å². The van der Waals surface area contributed by atoms with E-state index in [0.717, 1.165) is 30.3 Å². The minimum absolute atomic E-state index is 0.339. The first-order valence-electron chi connectivity index (χ1n) is 7.14. The maximum Gasteiger partial charge on any atom is 0.202 e. The van der Waals surface area contributed by atoms with Gasteiger partial charge in [-0.25, -0.2) is 4.98 Å². The van der Waals surface area contributed by atoms with Crippen LogP contribution in [0, 0.1) is 5.41 Å². The third kappa shape index (κ3) is 5.80. The van der Waals surface area contributed by atoms with E-state index in [2.05, 4.69) is 42.4 Å². The fourth-order valence-corrected chi connectivity index (χ4v) is 2.51. The molecule has 1 heterocycles. The summed E-state index contributed by atoms with van der Waals surface area (Å²) in [6.45, 7) is 10.0. The number of aromatic nitrogens is 2. The van der Waals surface area contributed by atoms with Crippen molar-refractivity contribution in [1.82, 2.24) is 9.36 Å². The summed E-state index contributed by atoms with van der Waals surface area (Å²) in [4.78, 5) is 4.50. The minimum Gasteiger partial charge on any atom is -0.360 e. The Morgan fingerprint density at radius 2 is 1.94 bits per heavy atom. The quantitative estimate of drug-likeness (QED) is 0.670. The van der Waals surface area contributed by atoms with Crippen LogP contribution in [0.15, 0.2) is 0 Å². The molecule has 0 aliphatic heterocycles. The Hall–Kier alpha value is -0.640. The van der Waals surface area contributed by atoms with Gasteiger partial charge in [0.15, 0.2) is 0 Å². The van der Waals surface area contributed by atoms with Crippen LogP contribution < -0.4 is 5.32 Å². The molecule has 0 aromatic carbocycles. The molecule has 0 unspecified atom stereocenters. The SMILES string of the molecule is CCCCCC(C)(C)CNc1nc(CCC)ns1. The Morgan fingerprint density at radius 3 is 2.61 bits per heavy atom. The zero-order valence-corrected chi connectivity index (χ0v) is 13.1. The maximum atomic E-state index is 4.50. The number of aryl methyl sites for hydroxylation is 1. The number of nitrogens with zero attached hydrogens (tertiary/aromatic N) is 2. The average molecular weight is 269 g/mol. The molecule has 0 spiro atoms. The van der Waals surface area contributed by atoms with E-state index in [1.54, 1.807) is 0 Å². The highest BCUT2D eigenvalue weighted by molar-refractivity contribution is 7.09. The van der Waals surface area contributed by atoms with Gasteiger partial charge in [-0.3, -0.25) is 0 Å². The van der Waals surface area contributed by atoms with Gasteiger partial charge in [0, 0.05) is 24.5 Å². The molecule has 1 rings (SSSR count). The highest BCUT2D eigenvalue weighted by atomic mass is 32.1. The standard InChI is InChI=1S/C14H27N3S/c1-5-7-8-10-14(3,4)11-15-13-16-12(9-6-2)17-18-13/h5-11H2,1-4H3,(H,15,16,17). The molecule has 1 aromatic heterocycles. The Morgan fingerprint density at radius 1 is 1.17 bits per heavy atom. The molecule has 0 bridgehead atoms. The van der Waals surface area contributed by atoms with Crippen molar-refractivity contribution in [2.24, 2.45) is 5.41 Å². The van der Waals surface area contributed by atoms with Gasteiger partial charge in [0.05, 0.1) is 0 Å². The molecule has 0 aliphatic rings. The Balaban J connectivity index is 2.33. The van der Waals surface area contributed by atoms with Crippen molar-refractivity contribution in [2.75, 3.05) is 11.9 Å². The number of unbranched alkanes of at least 4 members (excludes halogenated alkanes) is 2. The lowest BCUT2D eigenvalue weighted by molar-refractivity contribution is 0.342. The van der Waals surface area contributed by atoms with Crippen molar-refractivity contribution in [3.8, 4) is 0 Å². The topological polar surface area (TPSA) is 37.8 Å². The van der Waals surface area contributed by atoms with Gasteiger partial charge in [-0.05, 0) is 18.3 Å². The summed E-state index contributed by atoms with van der Waals surface area (Å²) < 4.78 is 4.35. The van der Waals surface area contributed by atoms with E-state index >= 15 is 0 Å². The van der Waals surface area contributed by atoms with Crippen molar-refractivity contribution in [2.45, 2.75) is 66.2 Å². The Kier molecular flexibility index (Phi) is 6.61. The van der Waals surface area contributed by atoms with Crippen LogP contribution in [-0.2, 0) is 6.42 Å². The summed E-state index contributed by atoms with van der Waals surface area (Å²) in [6.07, 6.45) is 7.32. The molecule has 1 N–H and O–H groups in total. The van der Waals surface area contributed by atoms with E-state index in [-0.39, 0.29) is 0 Å². The number of hydrogen-bond acceptors (Lipinski definition) is 4. The van der Waals surface area contributed by atoms with E-state index in [9.17, 15) is 0 Å². The molecular formula is C14H27N3S. The number of hydrogen-bond donors (Lipinski definition) is 1. The molecule has 4 heteroatoms. The Bertz CT molecular complexity index is 334. The van der Waals surface area contributed by atoms with Gasteiger partial charge < -0.3 is 5.32 Å². The monoisotopic (exact) mass is 269 g/mol.